The third kappa shape index (κ3) is 4.96. The van der Waals surface area contributed by atoms with Crippen molar-refractivity contribution in [3.63, 3.8) is 0 Å². The molecule has 0 atom stereocenters. The molecule has 0 radical (unpaired) electrons. The first-order valence-corrected chi connectivity index (χ1v) is 8.93. The summed E-state index contributed by atoms with van der Waals surface area (Å²) in [5.41, 5.74) is -0.559. The van der Waals surface area contributed by atoms with Crippen LogP contribution in [0.15, 0.2) is 30.5 Å². The molecule has 0 spiro atoms. The number of carbonyl (C=O) groups excluding carboxylic acids is 1. The Balaban J connectivity index is 1.86. The zero-order valence-electron chi connectivity index (χ0n) is 16.1. The first kappa shape index (κ1) is 20.9. The van der Waals surface area contributed by atoms with Gasteiger partial charge in [-0.1, -0.05) is 0 Å². The predicted octanol–water partition coefficient (Wildman–Crippen LogP) is 5.33. The lowest BCUT2D eigenvalue weighted by atomic mass is 10.0. The summed E-state index contributed by atoms with van der Waals surface area (Å²) in [6.45, 7) is 5.82. The molecule has 0 N–H and O–H groups in total. The number of alkyl halides is 3. The van der Waals surface area contributed by atoms with Gasteiger partial charge in [-0.05, 0) is 57.0 Å². The molecule has 29 heavy (non-hydrogen) atoms. The molecule has 1 aliphatic rings. The zero-order chi connectivity index (χ0) is 21.4. The summed E-state index contributed by atoms with van der Waals surface area (Å²) < 4.78 is 63.8. The molecule has 0 fully saturated rings. The molecule has 0 saturated carbocycles. The number of rotatable bonds is 2. The van der Waals surface area contributed by atoms with Gasteiger partial charge in [0, 0.05) is 24.8 Å². The van der Waals surface area contributed by atoms with Gasteiger partial charge in [-0.2, -0.15) is 13.2 Å². The third-order valence-corrected chi connectivity index (χ3v) is 4.21. The molecule has 2 heterocycles. The monoisotopic (exact) mass is 412 g/mol. The Morgan fingerprint density at radius 3 is 2.55 bits per heavy atom. The van der Waals surface area contributed by atoms with E-state index in [2.05, 4.69) is 4.98 Å². The number of benzene rings is 1. The number of amides is 1. The van der Waals surface area contributed by atoms with Gasteiger partial charge in [0.05, 0.1) is 0 Å². The summed E-state index contributed by atoms with van der Waals surface area (Å²) in [5, 5.41) is 0. The summed E-state index contributed by atoms with van der Waals surface area (Å²) in [7, 11) is 0. The molecule has 0 bridgehead atoms. The molecule has 1 aromatic heterocycles. The molecule has 0 saturated heterocycles. The van der Waals surface area contributed by atoms with E-state index in [4.69, 9.17) is 9.47 Å². The van der Waals surface area contributed by atoms with Crippen LogP contribution < -0.4 is 4.74 Å². The molecule has 1 aliphatic heterocycles. The Kier molecular flexibility index (Phi) is 5.42. The summed E-state index contributed by atoms with van der Waals surface area (Å²) in [6.07, 6.45) is -3.52. The van der Waals surface area contributed by atoms with Gasteiger partial charge < -0.3 is 14.4 Å². The number of fused-ring (bicyclic) bond motifs is 1. The van der Waals surface area contributed by atoms with Crippen LogP contribution in [0, 0.1) is 5.82 Å². The van der Waals surface area contributed by atoms with Crippen LogP contribution in [0.4, 0.5) is 22.4 Å². The first-order valence-electron chi connectivity index (χ1n) is 8.93. The SMILES string of the molecule is CC(C)(C)OC(=O)N1CCc2c(ccnc2Oc2ccc(F)cc2C(F)(F)F)C1. The highest BCUT2D eigenvalue weighted by atomic mass is 19.4. The Morgan fingerprint density at radius 1 is 1.17 bits per heavy atom. The van der Waals surface area contributed by atoms with Crippen molar-refractivity contribution >= 4 is 6.09 Å². The van der Waals surface area contributed by atoms with E-state index < -0.39 is 35.0 Å². The molecule has 0 aliphatic carbocycles. The predicted molar refractivity (Wildman–Crippen MR) is 96.1 cm³/mol. The Morgan fingerprint density at radius 2 is 1.90 bits per heavy atom. The first-order chi connectivity index (χ1) is 13.4. The molecule has 0 unspecified atom stereocenters. The minimum atomic E-state index is -4.78. The van der Waals surface area contributed by atoms with Crippen molar-refractivity contribution in [1.29, 1.82) is 0 Å². The topological polar surface area (TPSA) is 51.7 Å². The molecular weight excluding hydrogens is 392 g/mol. The van der Waals surface area contributed by atoms with Gasteiger partial charge in [0.15, 0.2) is 0 Å². The number of hydrogen-bond donors (Lipinski definition) is 0. The van der Waals surface area contributed by atoms with Crippen molar-refractivity contribution in [3.8, 4) is 11.6 Å². The number of aromatic nitrogens is 1. The molecule has 9 heteroatoms. The van der Waals surface area contributed by atoms with E-state index in [-0.39, 0.29) is 12.4 Å². The molecule has 3 rings (SSSR count). The van der Waals surface area contributed by atoms with Gasteiger partial charge in [-0.25, -0.2) is 14.2 Å². The van der Waals surface area contributed by atoms with E-state index in [1.54, 1.807) is 26.8 Å². The van der Waals surface area contributed by atoms with Crippen molar-refractivity contribution in [2.75, 3.05) is 6.54 Å². The number of halogens is 4. The molecule has 5 nitrogen and oxygen atoms in total. The summed E-state index contributed by atoms with van der Waals surface area (Å²) in [5.74, 6) is -1.54. The standard InChI is InChI=1S/C20H20F4N2O3/c1-19(2,3)29-18(27)26-9-7-14-12(11-26)6-8-25-17(14)28-16-5-4-13(21)10-15(16)20(22,23)24/h4-6,8,10H,7,9,11H2,1-3H3. The van der Waals surface area contributed by atoms with Gasteiger partial charge in [0.1, 0.15) is 22.7 Å². The van der Waals surface area contributed by atoms with Crippen LogP contribution in [-0.4, -0.2) is 28.1 Å². The molecular formula is C20H20F4N2O3. The number of ether oxygens (including phenoxy) is 2. The van der Waals surface area contributed by atoms with E-state index in [0.29, 0.717) is 30.2 Å². The van der Waals surface area contributed by atoms with E-state index in [1.165, 1.54) is 11.1 Å². The van der Waals surface area contributed by atoms with Gasteiger partial charge in [0.25, 0.3) is 0 Å². The second kappa shape index (κ2) is 7.53. The van der Waals surface area contributed by atoms with E-state index in [1.807, 2.05) is 0 Å². The third-order valence-electron chi connectivity index (χ3n) is 4.21. The van der Waals surface area contributed by atoms with Crippen molar-refractivity contribution in [1.82, 2.24) is 9.88 Å². The van der Waals surface area contributed by atoms with E-state index >= 15 is 0 Å². The highest BCUT2D eigenvalue weighted by Crippen LogP contribution is 2.39. The van der Waals surface area contributed by atoms with Crippen LogP contribution in [0.1, 0.15) is 37.5 Å². The summed E-state index contributed by atoms with van der Waals surface area (Å²) in [4.78, 5) is 17.8. The largest absolute Gasteiger partial charge is 0.444 e. The van der Waals surface area contributed by atoms with Crippen molar-refractivity contribution < 1.29 is 31.8 Å². The van der Waals surface area contributed by atoms with Gasteiger partial charge in [-0.3, -0.25) is 0 Å². The normalized spacial score (nSPS) is 14.4. The Bertz CT molecular complexity index is 923. The fourth-order valence-electron chi connectivity index (χ4n) is 2.95. The van der Waals surface area contributed by atoms with Crippen molar-refractivity contribution in [2.24, 2.45) is 0 Å². The fraction of sp³-hybridized carbons (Fsp3) is 0.400. The Hall–Kier alpha value is -2.84. The van der Waals surface area contributed by atoms with E-state index in [9.17, 15) is 22.4 Å². The molecule has 1 aromatic carbocycles. The van der Waals surface area contributed by atoms with E-state index in [0.717, 1.165) is 12.1 Å². The van der Waals surface area contributed by atoms with Gasteiger partial charge in [0.2, 0.25) is 5.88 Å². The van der Waals surface area contributed by atoms with Crippen molar-refractivity contribution in [3.05, 3.63) is 53.0 Å². The smallest absolute Gasteiger partial charge is 0.420 e. The maximum atomic E-state index is 13.3. The van der Waals surface area contributed by atoms with Crippen molar-refractivity contribution in [2.45, 2.75) is 45.5 Å². The molecule has 156 valence electrons. The minimum absolute atomic E-state index is 0.00319. The van der Waals surface area contributed by atoms with Crippen LogP contribution in [0.3, 0.4) is 0 Å². The van der Waals surface area contributed by atoms with Gasteiger partial charge in [-0.15, -0.1) is 0 Å². The molecule has 2 aromatic rings. The second-order valence-electron chi connectivity index (χ2n) is 7.65. The summed E-state index contributed by atoms with van der Waals surface area (Å²) in [6, 6.07) is 3.88. The number of carbonyl (C=O) groups is 1. The van der Waals surface area contributed by atoms with Crippen LogP contribution in [0.2, 0.25) is 0 Å². The van der Waals surface area contributed by atoms with Crippen LogP contribution in [-0.2, 0) is 23.9 Å². The maximum absolute atomic E-state index is 13.3. The minimum Gasteiger partial charge on any atom is -0.444 e. The lowest BCUT2D eigenvalue weighted by Gasteiger charge is -2.31. The average molecular weight is 412 g/mol. The summed E-state index contributed by atoms with van der Waals surface area (Å²) >= 11 is 0. The number of pyridine rings is 1. The van der Waals surface area contributed by atoms with Crippen LogP contribution in [0.25, 0.3) is 0 Å². The van der Waals surface area contributed by atoms with Crippen LogP contribution in [0.5, 0.6) is 11.6 Å². The lowest BCUT2D eigenvalue weighted by molar-refractivity contribution is -0.138. The average Bonchev–Trinajstić information content (AvgIpc) is 2.60. The maximum Gasteiger partial charge on any atom is 0.420 e. The number of hydrogen-bond acceptors (Lipinski definition) is 4. The highest BCUT2D eigenvalue weighted by Gasteiger charge is 2.36. The fourth-order valence-corrected chi connectivity index (χ4v) is 2.95. The lowest BCUT2D eigenvalue weighted by Crippen LogP contribution is -2.40. The second-order valence-corrected chi connectivity index (χ2v) is 7.65. The quantitative estimate of drug-likeness (QED) is 0.626. The molecule has 1 amide bonds. The Labute approximate surface area is 165 Å². The van der Waals surface area contributed by atoms with Crippen LogP contribution >= 0.6 is 0 Å². The zero-order valence-corrected chi connectivity index (χ0v) is 16.1. The highest BCUT2D eigenvalue weighted by molar-refractivity contribution is 5.68. The number of nitrogens with zero attached hydrogens (tertiary/aromatic N) is 2. The van der Waals surface area contributed by atoms with Gasteiger partial charge >= 0.3 is 12.3 Å².